The van der Waals surface area contributed by atoms with Crippen LogP contribution in [0.2, 0.25) is 0 Å². The Morgan fingerprint density at radius 1 is 1.21 bits per heavy atom. The highest BCUT2D eigenvalue weighted by molar-refractivity contribution is 5.86. The van der Waals surface area contributed by atoms with Gasteiger partial charge in [-0.25, -0.2) is 9.59 Å². The minimum atomic E-state index is -0.991. The molecule has 160 valence electrons. The number of hydrogen-bond donors (Lipinski definition) is 0. The van der Waals surface area contributed by atoms with Crippen molar-refractivity contribution in [1.29, 1.82) is 0 Å². The molecular formula is C23H33NO5. The van der Waals surface area contributed by atoms with E-state index in [1.54, 1.807) is 6.92 Å². The molecule has 1 saturated heterocycles. The molecular weight excluding hydrogens is 370 g/mol. The van der Waals surface area contributed by atoms with Crippen LogP contribution in [0.5, 0.6) is 0 Å². The monoisotopic (exact) mass is 403 g/mol. The highest BCUT2D eigenvalue weighted by Crippen LogP contribution is 2.37. The van der Waals surface area contributed by atoms with Crippen LogP contribution in [0.1, 0.15) is 58.9 Å². The van der Waals surface area contributed by atoms with Gasteiger partial charge >= 0.3 is 12.1 Å². The lowest BCUT2D eigenvalue weighted by molar-refractivity contribution is -0.165. The van der Waals surface area contributed by atoms with Crippen molar-refractivity contribution >= 4 is 12.1 Å². The fourth-order valence-corrected chi connectivity index (χ4v) is 3.65. The summed E-state index contributed by atoms with van der Waals surface area (Å²) in [5, 5.41) is 0. The summed E-state index contributed by atoms with van der Waals surface area (Å²) >= 11 is 0. The Balaban J connectivity index is 1.59. The van der Waals surface area contributed by atoms with Crippen molar-refractivity contribution in [3.05, 3.63) is 35.9 Å². The Kier molecular flexibility index (Phi) is 6.52. The van der Waals surface area contributed by atoms with Gasteiger partial charge in [0.15, 0.2) is 0 Å². The van der Waals surface area contributed by atoms with Gasteiger partial charge in [0.1, 0.15) is 17.2 Å². The maximum Gasteiger partial charge on any atom is 0.411 e. The van der Waals surface area contributed by atoms with E-state index in [0.29, 0.717) is 32.1 Å². The molecule has 2 atom stereocenters. The fourth-order valence-electron chi connectivity index (χ4n) is 3.65. The van der Waals surface area contributed by atoms with Crippen molar-refractivity contribution in [2.24, 2.45) is 5.92 Å². The van der Waals surface area contributed by atoms with Gasteiger partial charge in [0.2, 0.25) is 0 Å². The standard InChI is InChI=1S/C23H33NO5/c1-22(2,3)29-21(26)24-14-8-13-23(24,4)20(25)28-19(18-11-12-18)16-27-15-17-9-6-5-7-10-17/h5-7,9-10,18-19H,8,11-16H2,1-4H3. The van der Waals surface area contributed by atoms with Gasteiger partial charge in [-0.1, -0.05) is 30.3 Å². The van der Waals surface area contributed by atoms with Gasteiger partial charge in [-0.3, -0.25) is 4.90 Å². The third-order valence-electron chi connectivity index (χ3n) is 5.49. The first kappa shape index (κ1) is 21.6. The lowest BCUT2D eigenvalue weighted by atomic mass is 9.99. The Bertz CT molecular complexity index is 710. The first-order valence-electron chi connectivity index (χ1n) is 10.5. The number of likely N-dealkylation sites (tertiary alicyclic amines) is 1. The molecule has 0 aromatic heterocycles. The van der Waals surface area contributed by atoms with Gasteiger partial charge in [0, 0.05) is 6.54 Å². The highest BCUT2D eigenvalue weighted by atomic mass is 16.6. The number of rotatable bonds is 7. The van der Waals surface area contributed by atoms with E-state index in [1.165, 1.54) is 4.90 Å². The van der Waals surface area contributed by atoms with Crippen molar-refractivity contribution in [2.75, 3.05) is 13.2 Å². The molecule has 1 amide bonds. The number of benzene rings is 1. The maximum atomic E-state index is 13.1. The summed E-state index contributed by atoms with van der Waals surface area (Å²) in [4.78, 5) is 27.2. The number of carbonyl (C=O) groups is 2. The molecule has 1 aliphatic heterocycles. The molecule has 1 saturated carbocycles. The molecule has 1 heterocycles. The van der Waals surface area contributed by atoms with E-state index >= 15 is 0 Å². The van der Waals surface area contributed by atoms with Crippen LogP contribution < -0.4 is 0 Å². The Morgan fingerprint density at radius 2 is 1.90 bits per heavy atom. The number of ether oxygens (including phenoxy) is 3. The van der Waals surface area contributed by atoms with Gasteiger partial charge in [-0.15, -0.1) is 0 Å². The Morgan fingerprint density at radius 3 is 2.52 bits per heavy atom. The molecule has 0 N–H and O–H groups in total. The first-order chi connectivity index (χ1) is 13.7. The molecule has 1 aliphatic carbocycles. The van der Waals surface area contributed by atoms with Gasteiger partial charge < -0.3 is 14.2 Å². The third kappa shape index (κ3) is 5.72. The molecule has 6 heteroatoms. The summed E-state index contributed by atoms with van der Waals surface area (Å²) in [5.74, 6) is -0.0178. The lowest BCUT2D eigenvalue weighted by Crippen LogP contribution is -2.53. The number of carbonyl (C=O) groups excluding carboxylic acids is 2. The highest BCUT2D eigenvalue weighted by Gasteiger charge is 2.50. The van der Waals surface area contributed by atoms with E-state index in [-0.39, 0.29) is 12.1 Å². The van der Waals surface area contributed by atoms with Crippen LogP contribution in [0, 0.1) is 5.92 Å². The lowest BCUT2D eigenvalue weighted by Gasteiger charge is -2.35. The molecule has 0 radical (unpaired) electrons. The van der Waals surface area contributed by atoms with Crippen molar-refractivity contribution in [1.82, 2.24) is 4.90 Å². The predicted molar refractivity (Wildman–Crippen MR) is 109 cm³/mol. The van der Waals surface area contributed by atoms with Gasteiger partial charge in [-0.05, 0) is 64.9 Å². The number of nitrogens with zero attached hydrogens (tertiary/aromatic N) is 1. The quantitative estimate of drug-likeness (QED) is 0.635. The second kappa shape index (κ2) is 8.74. The molecule has 0 spiro atoms. The van der Waals surface area contributed by atoms with Crippen LogP contribution in [-0.4, -0.2) is 47.4 Å². The summed E-state index contributed by atoms with van der Waals surface area (Å²) in [6.07, 6.45) is 2.68. The Hall–Kier alpha value is -2.08. The van der Waals surface area contributed by atoms with Crippen LogP contribution >= 0.6 is 0 Å². The normalized spacial score (nSPS) is 23.0. The van der Waals surface area contributed by atoms with Crippen molar-refractivity contribution < 1.29 is 23.8 Å². The predicted octanol–water partition coefficient (Wildman–Crippen LogP) is 4.31. The largest absolute Gasteiger partial charge is 0.458 e. The molecule has 3 rings (SSSR count). The molecule has 6 nitrogen and oxygen atoms in total. The zero-order chi connectivity index (χ0) is 21.1. The zero-order valence-electron chi connectivity index (χ0n) is 18.0. The summed E-state index contributed by atoms with van der Waals surface area (Å²) < 4.78 is 17.2. The van der Waals surface area contributed by atoms with Gasteiger partial charge in [-0.2, -0.15) is 0 Å². The second-order valence-corrected chi connectivity index (χ2v) is 9.29. The smallest absolute Gasteiger partial charge is 0.411 e. The average Bonchev–Trinajstić information content (AvgIpc) is 3.41. The van der Waals surface area contributed by atoms with Crippen molar-refractivity contribution in [3.8, 4) is 0 Å². The van der Waals surface area contributed by atoms with Crippen molar-refractivity contribution in [2.45, 2.75) is 77.2 Å². The molecule has 2 unspecified atom stereocenters. The maximum absolute atomic E-state index is 13.1. The van der Waals surface area contributed by atoms with Crippen molar-refractivity contribution in [3.63, 3.8) is 0 Å². The molecule has 29 heavy (non-hydrogen) atoms. The van der Waals surface area contributed by atoms with Crippen LogP contribution in [0.15, 0.2) is 30.3 Å². The van der Waals surface area contributed by atoms with Crippen LogP contribution in [0.3, 0.4) is 0 Å². The average molecular weight is 404 g/mol. The van der Waals surface area contributed by atoms with E-state index in [4.69, 9.17) is 14.2 Å². The summed E-state index contributed by atoms with van der Waals surface area (Å²) in [5.41, 5.74) is -0.506. The first-order valence-corrected chi connectivity index (χ1v) is 10.5. The van der Waals surface area contributed by atoms with E-state index in [9.17, 15) is 9.59 Å². The van der Waals surface area contributed by atoms with E-state index in [2.05, 4.69) is 0 Å². The van der Waals surface area contributed by atoms with Crippen LogP contribution in [-0.2, 0) is 25.6 Å². The molecule has 2 fully saturated rings. The molecule has 1 aromatic carbocycles. The Labute approximate surface area is 173 Å². The number of amides is 1. The molecule has 0 bridgehead atoms. The van der Waals surface area contributed by atoms with Gasteiger partial charge in [0.25, 0.3) is 0 Å². The summed E-state index contributed by atoms with van der Waals surface area (Å²) in [7, 11) is 0. The molecule has 2 aliphatic rings. The third-order valence-corrected chi connectivity index (χ3v) is 5.49. The summed E-state index contributed by atoms with van der Waals surface area (Å²) in [6.45, 7) is 8.61. The van der Waals surface area contributed by atoms with E-state index < -0.39 is 17.2 Å². The number of esters is 1. The van der Waals surface area contributed by atoms with Crippen LogP contribution in [0.25, 0.3) is 0 Å². The van der Waals surface area contributed by atoms with E-state index in [1.807, 2.05) is 51.1 Å². The van der Waals surface area contributed by atoms with Crippen LogP contribution in [0.4, 0.5) is 4.79 Å². The topological polar surface area (TPSA) is 65.1 Å². The minimum absolute atomic E-state index is 0.274. The zero-order valence-corrected chi connectivity index (χ0v) is 18.0. The van der Waals surface area contributed by atoms with Gasteiger partial charge in [0.05, 0.1) is 13.2 Å². The SMILES string of the molecule is CC(C)(C)OC(=O)N1CCCC1(C)C(=O)OC(COCc1ccccc1)C1CC1. The molecule has 1 aromatic rings. The number of hydrogen-bond acceptors (Lipinski definition) is 5. The fraction of sp³-hybridized carbons (Fsp3) is 0.652. The minimum Gasteiger partial charge on any atom is -0.458 e. The van der Waals surface area contributed by atoms with E-state index in [0.717, 1.165) is 24.8 Å². The summed E-state index contributed by atoms with van der Waals surface area (Å²) in [6, 6.07) is 9.94. The second-order valence-electron chi connectivity index (χ2n) is 9.29.